The Balaban J connectivity index is 1.79. The monoisotopic (exact) mass is 494 g/mol. The van der Waals surface area contributed by atoms with Crippen molar-refractivity contribution in [2.24, 2.45) is 5.73 Å². The number of benzene rings is 2. The molecule has 1 unspecified atom stereocenters. The van der Waals surface area contributed by atoms with E-state index in [0.717, 1.165) is 22.3 Å². The summed E-state index contributed by atoms with van der Waals surface area (Å²) in [6, 6.07) is 18.2. The molecule has 0 radical (unpaired) electrons. The number of fused-ring (bicyclic) bond motifs is 1. The number of rotatable bonds is 9. The second-order valence-corrected chi connectivity index (χ2v) is 8.70. The van der Waals surface area contributed by atoms with Gasteiger partial charge in [0.15, 0.2) is 5.65 Å². The van der Waals surface area contributed by atoms with Gasteiger partial charge in [-0.1, -0.05) is 65.3 Å². The van der Waals surface area contributed by atoms with Crippen LogP contribution in [0, 0.1) is 0 Å². The van der Waals surface area contributed by atoms with Crippen LogP contribution in [-0.2, 0) is 13.1 Å². The number of aromatic nitrogens is 4. The summed E-state index contributed by atoms with van der Waals surface area (Å²) >= 11 is 3.50. The van der Waals surface area contributed by atoms with Crippen LogP contribution in [0.25, 0.3) is 11.0 Å². The molecule has 0 saturated carbocycles. The molecule has 2 aromatic carbocycles. The fourth-order valence-electron chi connectivity index (χ4n) is 4.06. The molecule has 3 N–H and O–H groups in total. The summed E-state index contributed by atoms with van der Waals surface area (Å²) in [5.41, 5.74) is 8.65. The predicted molar refractivity (Wildman–Crippen MR) is 130 cm³/mol. The van der Waals surface area contributed by atoms with Crippen molar-refractivity contribution in [1.82, 2.24) is 24.6 Å². The minimum absolute atomic E-state index is 0.0775. The van der Waals surface area contributed by atoms with E-state index in [9.17, 15) is 4.79 Å². The molecule has 0 spiro atoms. The smallest absolute Gasteiger partial charge is 0.265 e. The zero-order valence-electron chi connectivity index (χ0n) is 18.0. The number of aromatic amines is 1. The molecule has 2 aromatic heterocycles. The highest BCUT2D eigenvalue weighted by atomic mass is 79.9. The van der Waals surface area contributed by atoms with Gasteiger partial charge in [0.25, 0.3) is 5.56 Å². The van der Waals surface area contributed by atoms with E-state index in [1.807, 2.05) is 42.5 Å². The third-order valence-electron chi connectivity index (χ3n) is 5.62. The highest BCUT2D eigenvalue weighted by Crippen LogP contribution is 2.26. The van der Waals surface area contributed by atoms with Crippen LogP contribution >= 0.6 is 15.9 Å². The number of nitrogens with two attached hydrogens (primary N) is 1. The molecule has 0 aliphatic heterocycles. The van der Waals surface area contributed by atoms with Crippen LogP contribution in [-0.4, -0.2) is 37.7 Å². The topological polar surface area (TPSA) is 92.8 Å². The molecular formula is C24H27BrN6O. The van der Waals surface area contributed by atoms with E-state index in [-0.39, 0.29) is 11.6 Å². The van der Waals surface area contributed by atoms with Crippen LogP contribution in [0.1, 0.15) is 36.3 Å². The molecular weight excluding hydrogens is 468 g/mol. The van der Waals surface area contributed by atoms with E-state index in [0.29, 0.717) is 37.2 Å². The number of H-pyrrole nitrogens is 1. The van der Waals surface area contributed by atoms with Crippen molar-refractivity contribution in [3.63, 3.8) is 0 Å². The van der Waals surface area contributed by atoms with E-state index in [2.05, 4.69) is 50.1 Å². The van der Waals surface area contributed by atoms with Gasteiger partial charge < -0.3 is 5.73 Å². The van der Waals surface area contributed by atoms with E-state index < -0.39 is 0 Å². The largest absolute Gasteiger partial charge is 0.329 e. The molecule has 0 bridgehead atoms. The summed E-state index contributed by atoms with van der Waals surface area (Å²) in [4.78, 5) is 20.6. The van der Waals surface area contributed by atoms with E-state index in [1.165, 1.54) is 5.56 Å². The van der Waals surface area contributed by atoms with Crippen LogP contribution in [0.15, 0.2) is 70.1 Å². The molecule has 1 atom stereocenters. The van der Waals surface area contributed by atoms with E-state index in [1.54, 1.807) is 10.8 Å². The molecule has 0 aliphatic rings. The molecule has 2 heterocycles. The van der Waals surface area contributed by atoms with Gasteiger partial charge in [0, 0.05) is 24.1 Å². The minimum atomic E-state index is -0.0857. The third kappa shape index (κ3) is 4.82. The van der Waals surface area contributed by atoms with Gasteiger partial charge in [-0.25, -0.2) is 4.98 Å². The summed E-state index contributed by atoms with van der Waals surface area (Å²) in [5, 5.41) is 7.43. The number of hydrogen-bond donors (Lipinski definition) is 2. The van der Waals surface area contributed by atoms with Crippen molar-refractivity contribution in [2.75, 3.05) is 13.1 Å². The SMILES string of the molecule is CCC(c1nc2[nH]ncc2c(=O)n1Cc1ccccc1)N(CCN)Cc1ccc(Br)cc1. The molecule has 8 heteroatoms. The van der Waals surface area contributed by atoms with Crippen molar-refractivity contribution < 1.29 is 0 Å². The highest BCUT2D eigenvalue weighted by Gasteiger charge is 2.25. The Kier molecular flexibility index (Phi) is 7.14. The summed E-state index contributed by atoms with van der Waals surface area (Å²) in [5.74, 6) is 0.726. The van der Waals surface area contributed by atoms with Gasteiger partial charge in [0.05, 0.1) is 18.8 Å². The number of halogens is 1. The Labute approximate surface area is 195 Å². The number of nitrogens with zero attached hydrogens (tertiary/aromatic N) is 4. The van der Waals surface area contributed by atoms with Crippen molar-refractivity contribution in [2.45, 2.75) is 32.5 Å². The van der Waals surface area contributed by atoms with Crippen LogP contribution in [0.2, 0.25) is 0 Å². The Morgan fingerprint density at radius 2 is 1.88 bits per heavy atom. The van der Waals surface area contributed by atoms with Crippen LogP contribution in [0.3, 0.4) is 0 Å². The van der Waals surface area contributed by atoms with Gasteiger partial charge >= 0.3 is 0 Å². The first-order chi connectivity index (χ1) is 15.6. The Morgan fingerprint density at radius 1 is 1.12 bits per heavy atom. The molecule has 0 saturated heterocycles. The second-order valence-electron chi connectivity index (χ2n) is 7.79. The first-order valence-electron chi connectivity index (χ1n) is 10.8. The maximum atomic E-state index is 13.4. The summed E-state index contributed by atoms with van der Waals surface area (Å²) in [6.45, 7) is 4.49. The molecule has 166 valence electrons. The zero-order valence-corrected chi connectivity index (χ0v) is 19.6. The molecule has 4 rings (SSSR count). The van der Waals surface area contributed by atoms with Crippen molar-refractivity contribution in [3.05, 3.63) is 92.6 Å². The molecule has 4 aromatic rings. The Bertz CT molecular complexity index is 1220. The quantitative estimate of drug-likeness (QED) is 0.368. The summed E-state index contributed by atoms with van der Waals surface area (Å²) in [7, 11) is 0. The second kappa shape index (κ2) is 10.2. The lowest BCUT2D eigenvalue weighted by molar-refractivity contribution is 0.176. The predicted octanol–water partition coefficient (Wildman–Crippen LogP) is 3.84. The summed E-state index contributed by atoms with van der Waals surface area (Å²) in [6.07, 6.45) is 2.34. The van der Waals surface area contributed by atoms with E-state index in [4.69, 9.17) is 10.7 Å². The van der Waals surface area contributed by atoms with Gasteiger partial charge in [0.2, 0.25) is 0 Å². The van der Waals surface area contributed by atoms with Crippen LogP contribution in [0.4, 0.5) is 0 Å². The lowest BCUT2D eigenvalue weighted by atomic mass is 10.1. The van der Waals surface area contributed by atoms with Crippen LogP contribution < -0.4 is 11.3 Å². The average Bonchev–Trinajstić information content (AvgIpc) is 3.28. The van der Waals surface area contributed by atoms with Gasteiger partial charge in [-0.2, -0.15) is 5.10 Å². The van der Waals surface area contributed by atoms with Crippen molar-refractivity contribution >= 4 is 27.0 Å². The Morgan fingerprint density at radius 3 is 2.56 bits per heavy atom. The third-order valence-corrected chi connectivity index (χ3v) is 6.15. The number of nitrogens with one attached hydrogen (secondary N) is 1. The van der Waals surface area contributed by atoms with Crippen molar-refractivity contribution in [1.29, 1.82) is 0 Å². The maximum absolute atomic E-state index is 13.4. The lowest BCUT2D eigenvalue weighted by Gasteiger charge is -2.32. The van der Waals surface area contributed by atoms with Gasteiger partial charge in [0.1, 0.15) is 11.2 Å². The minimum Gasteiger partial charge on any atom is -0.329 e. The molecule has 0 aliphatic carbocycles. The molecule has 0 fully saturated rings. The van der Waals surface area contributed by atoms with Gasteiger partial charge in [-0.3, -0.25) is 19.4 Å². The van der Waals surface area contributed by atoms with Crippen LogP contribution in [0.5, 0.6) is 0 Å². The molecule has 32 heavy (non-hydrogen) atoms. The number of hydrogen-bond acceptors (Lipinski definition) is 5. The van der Waals surface area contributed by atoms with Gasteiger partial charge in [-0.15, -0.1) is 0 Å². The molecule has 0 amide bonds. The fraction of sp³-hybridized carbons (Fsp3) is 0.292. The lowest BCUT2D eigenvalue weighted by Crippen LogP contribution is -2.37. The zero-order chi connectivity index (χ0) is 22.5. The Hall–Kier alpha value is -2.81. The van der Waals surface area contributed by atoms with Gasteiger partial charge in [-0.05, 0) is 29.7 Å². The fourth-order valence-corrected chi connectivity index (χ4v) is 4.32. The standard InChI is InChI=1S/C24H27BrN6O/c1-2-21(30(13-12-26)15-18-8-10-19(25)11-9-18)23-28-22-20(14-27-29-22)24(32)31(23)16-17-6-4-3-5-7-17/h3-11,14,21H,2,12-13,15-16,26H2,1H3,(H,27,29). The first-order valence-corrected chi connectivity index (χ1v) is 11.6. The van der Waals surface area contributed by atoms with Crippen molar-refractivity contribution in [3.8, 4) is 0 Å². The normalized spacial score (nSPS) is 12.5. The first kappa shape index (κ1) is 22.4. The molecule has 7 nitrogen and oxygen atoms in total. The highest BCUT2D eigenvalue weighted by molar-refractivity contribution is 9.10. The summed E-state index contributed by atoms with van der Waals surface area (Å²) < 4.78 is 2.83. The van der Waals surface area contributed by atoms with E-state index >= 15 is 0 Å². The maximum Gasteiger partial charge on any atom is 0.265 e. The average molecular weight is 495 g/mol.